The van der Waals surface area contributed by atoms with Crippen molar-refractivity contribution in [1.82, 2.24) is 4.98 Å². The molecule has 0 unspecified atom stereocenters. The van der Waals surface area contributed by atoms with Crippen molar-refractivity contribution in [3.63, 3.8) is 0 Å². The van der Waals surface area contributed by atoms with Crippen LogP contribution in [0.4, 0.5) is 0 Å². The topological polar surface area (TPSA) is 48.1 Å². The third-order valence-corrected chi connectivity index (χ3v) is 2.85. The molecule has 0 radical (unpaired) electrons. The molecule has 1 heterocycles. The highest BCUT2D eigenvalue weighted by Crippen LogP contribution is 2.30. The minimum atomic E-state index is 0.559. The molecule has 2 rings (SSSR count). The van der Waals surface area contributed by atoms with E-state index in [-0.39, 0.29) is 0 Å². The molecule has 0 aliphatic heterocycles. The summed E-state index contributed by atoms with van der Waals surface area (Å²) in [7, 11) is 0. The molecule has 0 amide bonds. The number of nitrogens with zero attached hydrogens (tertiary/aromatic N) is 1. The van der Waals surface area contributed by atoms with Gasteiger partial charge in [-0.2, -0.15) is 0 Å². The van der Waals surface area contributed by atoms with Crippen LogP contribution in [-0.2, 0) is 6.42 Å². The van der Waals surface area contributed by atoms with Gasteiger partial charge in [0, 0.05) is 11.8 Å². The minimum absolute atomic E-state index is 0.559. The van der Waals surface area contributed by atoms with Crippen LogP contribution in [0.15, 0.2) is 36.5 Å². The van der Waals surface area contributed by atoms with Crippen molar-refractivity contribution in [2.45, 2.75) is 13.3 Å². The van der Waals surface area contributed by atoms with Crippen LogP contribution in [0.1, 0.15) is 11.1 Å². The molecule has 0 bridgehead atoms. The monoisotopic (exact) mass is 262 g/mol. The molecule has 2 aromatic rings. The number of hydrogen-bond donors (Lipinski definition) is 1. The van der Waals surface area contributed by atoms with Gasteiger partial charge in [-0.05, 0) is 43.7 Å². The van der Waals surface area contributed by atoms with Crippen LogP contribution in [0.3, 0.4) is 0 Å². The molecule has 1 aromatic heterocycles. The molecular weight excluding hydrogens is 248 g/mol. The van der Waals surface area contributed by atoms with Gasteiger partial charge in [-0.1, -0.05) is 23.7 Å². The molecule has 0 saturated heterocycles. The van der Waals surface area contributed by atoms with Gasteiger partial charge in [-0.15, -0.1) is 0 Å². The maximum atomic E-state index is 6.13. The third kappa shape index (κ3) is 3.00. The molecule has 0 saturated carbocycles. The fourth-order valence-electron chi connectivity index (χ4n) is 1.65. The summed E-state index contributed by atoms with van der Waals surface area (Å²) in [5, 5.41) is 0.583. The van der Waals surface area contributed by atoms with Crippen LogP contribution in [0.2, 0.25) is 5.02 Å². The van der Waals surface area contributed by atoms with Crippen molar-refractivity contribution in [2.75, 3.05) is 6.54 Å². The molecule has 0 atom stereocenters. The van der Waals surface area contributed by atoms with E-state index in [9.17, 15) is 0 Å². The van der Waals surface area contributed by atoms with Crippen molar-refractivity contribution in [3.05, 3.63) is 52.7 Å². The summed E-state index contributed by atoms with van der Waals surface area (Å²) in [6.07, 6.45) is 2.42. The van der Waals surface area contributed by atoms with Crippen molar-refractivity contribution in [2.24, 2.45) is 5.73 Å². The summed E-state index contributed by atoms with van der Waals surface area (Å²) in [4.78, 5) is 4.22. The largest absolute Gasteiger partial charge is 0.437 e. The van der Waals surface area contributed by atoms with Crippen LogP contribution >= 0.6 is 11.6 Å². The van der Waals surface area contributed by atoms with Gasteiger partial charge < -0.3 is 10.5 Å². The standard InChI is InChI=1S/C14H15ClN2O/c1-10-4-5-13(12(15)9-10)18-14-11(6-7-16)3-2-8-17-14/h2-5,8-9H,6-7,16H2,1H3. The van der Waals surface area contributed by atoms with Crippen LogP contribution in [0, 0.1) is 6.92 Å². The molecule has 3 nitrogen and oxygen atoms in total. The zero-order valence-corrected chi connectivity index (χ0v) is 10.9. The molecule has 4 heteroatoms. The predicted octanol–water partition coefficient (Wildman–Crippen LogP) is 3.34. The molecule has 0 aliphatic rings. The molecule has 0 aliphatic carbocycles. The molecule has 1 aromatic carbocycles. The predicted molar refractivity (Wildman–Crippen MR) is 73.3 cm³/mol. The first-order chi connectivity index (χ1) is 8.70. The van der Waals surface area contributed by atoms with Gasteiger partial charge >= 0.3 is 0 Å². The molecular formula is C14H15ClN2O. The first kappa shape index (κ1) is 12.9. The first-order valence-corrected chi connectivity index (χ1v) is 6.16. The van der Waals surface area contributed by atoms with E-state index in [1.807, 2.05) is 37.3 Å². The average Bonchev–Trinajstić information content (AvgIpc) is 2.35. The third-order valence-electron chi connectivity index (χ3n) is 2.56. The summed E-state index contributed by atoms with van der Waals surface area (Å²) < 4.78 is 5.75. The van der Waals surface area contributed by atoms with Gasteiger partial charge in [0.15, 0.2) is 0 Å². The van der Waals surface area contributed by atoms with Crippen molar-refractivity contribution in [1.29, 1.82) is 0 Å². The highest BCUT2D eigenvalue weighted by atomic mass is 35.5. The highest BCUT2D eigenvalue weighted by Gasteiger charge is 2.08. The normalized spacial score (nSPS) is 10.4. The summed E-state index contributed by atoms with van der Waals surface area (Å²) in [5.41, 5.74) is 7.64. The Hall–Kier alpha value is -1.58. The first-order valence-electron chi connectivity index (χ1n) is 5.78. The van der Waals surface area contributed by atoms with E-state index in [1.54, 1.807) is 6.20 Å². The number of aromatic nitrogens is 1. The number of ether oxygens (including phenoxy) is 1. The average molecular weight is 263 g/mol. The van der Waals surface area contributed by atoms with Crippen LogP contribution in [0.25, 0.3) is 0 Å². The Kier molecular flexibility index (Phi) is 4.18. The second kappa shape index (κ2) is 5.85. The Bertz CT molecular complexity index is 543. The number of nitrogens with two attached hydrogens (primary N) is 1. The molecule has 2 N–H and O–H groups in total. The lowest BCUT2D eigenvalue weighted by Crippen LogP contribution is -2.04. The van der Waals surface area contributed by atoms with Crippen molar-refractivity contribution < 1.29 is 4.74 Å². The Morgan fingerprint density at radius 2 is 2.17 bits per heavy atom. The second-order valence-corrected chi connectivity index (χ2v) is 4.45. The number of aryl methyl sites for hydroxylation is 1. The van der Waals surface area contributed by atoms with E-state index in [0.717, 1.165) is 17.5 Å². The van der Waals surface area contributed by atoms with Gasteiger partial charge in [0.1, 0.15) is 5.75 Å². The Labute approximate surface area is 112 Å². The number of benzene rings is 1. The molecule has 0 fully saturated rings. The van der Waals surface area contributed by atoms with Crippen LogP contribution in [-0.4, -0.2) is 11.5 Å². The van der Waals surface area contributed by atoms with E-state index >= 15 is 0 Å². The zero-order valence-electron chi connectivity index (χ0n) is 10.2. The van der Waals surface area contributed by atoms with E-state index < -0.39 is 0 Å². The quantitative estimate of drug-likeness (QED) is 0.919. The highest BCUT2D eigenvalue weighted by molar-refractivity contribution is 6.32. The van der Waals surface area contributed by atoms with Crippen LogP contribution < -0.4 is 10.5 Å². The van der Waals surface area contributed by atoms with E-state index in [2.05, 4.69) is 4.98 Å². The van der Waals surface area contributed by atoms with Gasteiger partial charge in [-0.3, -0.25) is 0 Å². The Morgan fingerprint density at radius 1 is 1.33 bits per heavy atom. The fraction of sp³-hybridized carbons (Fsp3) is 0.214. The maximum absolute atomic E-state index is 6.13. The molecule has 94 valence electrons. The number of halogens is 1. The minimum Gasteiger partial charge on any atom is -0.437 e. The SMILES string of the molecule is Cc1ccc(Oc2ncccc2CCN)c(Cl)c1. The summed E-state index contributed by atoms with van der Waals surface area (Å²) >= 11 is 6.13. The zero-order chi connectivity index (χ0) is 13.0. The van der Waals surface area contributed by atoms with Crippen molar-refractivity contribution >= 4 is 11.6 Å². The van der Waals surface area contributed by atoms with Gasteiger partial charge in [0.25, 0.3) is 0 Å². The second-order valence-electron chi connectivity index (χ2n) is 4.04. The number of pyridine rings is 1. The lowest BCUT2D eigenvalue weighted by molar-refractivity contribution is 0.456. The van der Waals surface area contributed by atoms with Crippen LogP contribution in [0.5, 0.6) is 11.6 Å². The lowest BCUT2D eigenvalue weighted by Gasteiger charge is -2.10. The molecule has 18 heavy (non-hydrogen) atoms. The number of hydrogen-bond acceptors (Lipinski definition) is 3. The number of rotatable bonds is 4. The summed E-state index contributed by atoms with van der Waals surface area (Å²) in [6.45, 7) is 2.54. The van der Waals surface area contributed by atoms with E-state index in [4.69, 9.17) is 22.1 Å². The lowest BCUT2D eigenvalue weighted by atomic mass is 10.2. The van der Waals surface area contributed by atoms with Gasteiger partial charge in [-0.25, -0.2) is 4.98 Å². The summed E-state index contributed by atoms with van der Waals surface area (Å²) in [5.74, 6) is 1.17. The Morgan fingerprint density at radius 3 is 2.89 bits per heavy atom. The fourth-order valence-corrected chi connectivity index (χ4v) is 1.93. The van der Waals surface area contributed by atoms with Gasteiger partial charge in [0.2, 0.25) is 5.88 Å². The van der Waals surface area contributed by atoms with E-state index in [1.165, 1.54) is 0 Å². The van der Waals surface area contributed by atoms with Gasteiger partial charge in [0.05, 0.1) is 5.02 Å². The Balaban J connectivity index is 2.28. The van der Waals surface area contributed by atoms with E-state index in [0.29, 0.717) is 23.2 Å². The molecule has 0 spiro atoms. The van der Waals surface area contributed by atoms with Crippen molar-refractivity contribution in [3.8, 4) is 11.6 Å². The smallest absolute Gasteiger partial charge is 0.222 e. The maximum Gasteiger partial charge on any atom is 0.222 e. The summed E-state index contributed by atoms with van der Waals surface area (Å²) in [6, 6.07) is 9.49.